The summed E-state index contributed by atoms with van der Waals surface area (Å²) in [5.41, 5.74) is 3.66. The van der Waals surface area contributed by atoms with Crippen molar-refractivity contribution in [3.8, 4) is 0 Å². The van der Waals surface area contributed by atoms with Crippen molar-refractivity contribution in [3.05, 3.63) is 70.2 Å². The van der Waals surface area contributed by atoms with Crippen LogP contribution in [0.15, 0.2) is 48.5 Å². The molecule has 1 N–H and O–H groups in total. The Morgan fingerprint density at radius 2 is 1.84 bits per heavy atom. The minimum absolute atomic E-state index is 0.131. The normalized spacial score (nSPS) is 15.9. The van der Waals surface area contributed by atoms with Gasteiger partial charge in [-0.2, -0.15) is 0 Å². The van der Waals surface area contributed by atoms with Crippen molar-refractivity contribution in [2.24, 2.45) is 5.92 Å². The van der Waals surface area contributed by atoms with Crippen molar-refractivity contribution in [2.45, 2.75) is 32.9 Å². The van der Waals surface area contributed by atoms with E-state index >= 15 is 0 Å². The van der Waals surface area contributed by atoms with Crippen LogP contribution >= 0.6 is 11.6 Å². The molecule has 1 aliphatic rings. The second-order valence-corrected chi connectivity index (χ2v) is 7.32. The number of carbonyl (C=O) groups is 1. The van der Waals surface area contributed by atoms with Gasteiger partial charge in [0.15, 0.2) is 0 Å². The van der Waals surface area contributed by atoms with Crippen LogP contribution in [0.1, 0.15) is 29.5 Å². The van der Waals surface area contributed by atoms with E-state index in [0.717, 1.165) is 43.1 Å². The Labute approximate surface area is 155 Å². The number of benzene rings is 2. The molecule has 1 amide bonds. The maximum absolute atomic E-state index is 12.4. The molecule has 2 aromatic carbocycles. The van der Waals surface area contributed by atoms with Crippen molar-refractivity contribution in [1.82, 2.24) is 10.2 Å². The summed E-state index contributed by atoms with van der Waals surface area (Å²) in [7, 11) is 0. The van der Waals surface area contributed by atoms with Crippen LogP contribution in [-0.2, 0) is 17.9 Å². The van der Waals surface area contributed by atoms with Crippen molar-refractivity contribution in [1.29, 1.82) is 0 Å². The molecule has 1 heterocycles. The maximum Gasteiger partial charge on any atom is 0.223 e. The zero-order chi connectivity index (χ0) is 17.6. The number of rotatable bonds is 5. The highest BCUT2D eigenvalue weighted by molar-refractivity contribution is 6.30. The fraction of sp³-hybridized carbons (Fsp3) is 0.381. The summed E-state index contributed by atoms with van der Waals surface area (Å²) in [5.74, 6) is 0.318. The topological polar surface area (TPSA) is 32.3 Å². The highest BCUT2D eigenvalue weighted by Gasteiger charge is 2.24. The molecule has 2 aromatic rings. The summed E-state index contributed by atoms with van der Waals surface area (Å²) < 4.78 is 0. The molecule has 0 radical (unpaired) electrons. The third-order valence-corrected chi connectivity index (χ3v) is 5.08. The van der Waals surface area contributed by atoms with Crippen LogP contribution in [0, 0.1) is 12.8 Å². The number of aryl methyl sites for hydroxylation is 1. The molecule has 0 saturated carbocycles. The lowest BCUT2D eigenvalue weighted by molar-refractivity contribution is -0.126. The number of nitrogens with zero attached hydrogens (tertiary/aromatic N) is 1. The molecule has 0 aliphatic carbocycles. The summed E-state index contributed by atoms with van der Waals surface area (Å²) in [6.45, 7) is 5.54. The van der Waals surface area contributed by atoms with Crippen LogP contribution in [-0.4, -0.2) is 23.9 Å². The standard InChI is InChI=1S/C21H25ClN2O/c1-16-3-2-4-18(13-16)14-23-21(25)19-9-11-24(12-10-19)15-17-5-7-20(22)8-6-17/h2-8,13,19H,9-12,14-15H2,1H3,(H,23,25). The number of nitrogens with one attached hydrogen (secondary N) is 1. The molecule has 0 bridgehead atoms. The average molecular weight is 357 g/mol. The molecule has 0 unspecified atom stereocenters. The summed E-state index contributed by atoms with van der Waals surface area (Å²) in [6.07, 6.45) is 1.85. The van der Waals surface area contributed by atoms with Gasteiger partial charge in [0, 0.05) is 24.0 Å². The zero-order valence-electron chi connectivity index (χ0n) is 14.7. The highest BCUT2D eigenvalue weighted by atomic mass is 35.5. The van der Waals surface area contributed by atoms with Crippen molar-refractivity contribution < 1.29 is 4.79 Å². The second-order valence-electron chi connectivity index (χ2n) is 6.88. The van der Waals surface area contributed by atoms with E-state index in [4.69, 9.17) is 11.6 Å². The van der Waals surface area contributed by atoms with Gasteiger partial charge in [-0.15, -0.1) is 0 Å². The minimum atomic E-state index is 0.131. The molecule has 25 heavy (non-hydrogen) atoms. The monoisotopic (exact) mass is 356 g/mol. The molecule has 0 aromatic heterocycles. The van der Waals surface area contributed by atoms with Gasteiger partial charge in [0.05, 0.1) is 0 Å². The maximum atomic E-state index is 12.4. The minimum Gasteiger partial charge on any atom is -0.352 e. The average Bonchev–Trinajstić information content (AvgIpc) is 2.62. The number of carbonyl (C=O) groups excluding carboxylic acids is 1. The lowest BCUT2D eigenvalue weighted by atomic mass is 9.95. The van der Waals surface area contributed by atoms with Crippen molar-refractivity contribution in [3.63, 3.8) is 0 Å². The highest BCUT2D eigenvalue weighted by Crippen LogP contribution is 2.20. The van der Waals surface area contributed by atoms with Crippen molar-refractivity contribution >= 4 is 17.5 Å². The molecular formula is C21H25ClN2O. The van der Waals surface area contributed by atoms with E-state index in [1.54, 1.807) is 0 Å². The van der Waals surface area contributed by atoms with E-state index in [-0.39, 0.29) is 11.8 Å². The van der Waals surface area contributed by atoms with E-state index in [2.05, 4.69) is 47.5 Å². The fourth-order valence-corrected chi connectivity index (χ4v) is 3.48. The Balaban J connectivity index is 1.43. The van der Waals surface area contributed by atoms with Gasteiger partial charge in [-0.05, 0) is 56.1 Å². The number of amides is 1. The first-order valence-corrected chi connectivity index (χ1v) is 9.28. The number of halogens is 1. The molecule has 1 fully saturated rings. The Morgan fingerprint density at radius 3 is 2.52 bits per heavy atom. The van der Waals surface area contributed by atoms with Crippen LogP contribution in [0.3, 0.4) is 0 Å². The molecule has 0 spiro atoms. The van der Waals surface area contributed by atoms with Crippen LogP contribution < -0.4 is 5.32 Å². The third kappa shape index (κ3) is 5.32. The Hall–Kier alpha value is -1.84. The summed E-state index contributed by atoms with van der Waals surface area (Å²) in [4.78, 5) is 14.8. The zero-order valence-corrected chi connectivity index (χ0v) is 15.4. The summed E-state index contributed by atoms with van der Waals surface area (Å²) in [5, 5.41) is 3.87. The second kappa shape index (κ2) is 8.50. The van der Waals surface area contributed by atoms with Gasteiger partial charge in [0.2, 0.25) is 5.91 Å². The number of hydrogen-bond acceptors (Lipinski definition) is 2. The number of hydrogen-bond donors (Lipinski definition) is 1. The SMILES string of the molecule is Cc1cccc(CNC(=O)C2CCN(Cc3ccc(Cl)cc3)CC2)c1. The molecule has 3 nitrogen and oxygen atoms in total. The predicted molar refractivity (Wildman–Crippen MR) is 102 cm³/mol. The molecule has 4 heteroatoms. The van der Waals surface area contributed by atoms with Crippen molar-refractivity contribution in [2.75, 3.05) is 13.1 Å². The lowest BCUT2D eigenvalue weighted by Gasteiger charge is -2.31. The summed E-state index contributed by atoms with van der Waals surface area (Å²) >= 11 is 5.93. The molecule has 132 valence electrons. The fourth-order valence-electron chi connectivity index (χ4n) is 3.36. The largest absolute Gasteiger partial charge is 0.352 e. The van der Waals surface area contributed by atoms with Gasteiger partial charge in [-0.1, -0.05) is 53.6 Å². The van der Waals surface area contributed by atoms with Crippen LogP contribution in [0.5, 0.6) is 0 Å². The van der Waals surface area contributed by atoms with Crippen LogP contribution in [0.4, 0.5) is 0 Å². The number of likely N-dealkylation sites (tertiary alicyclic amines) is 1. The van der Waals surface area contributed by atoms with Gasteiger partial charge in [-0.25, -0.2) is 0 Å². The smallest absolute Gasteiger partial charge is 0.223 e. The van der Waals surface area contributed by atoms with E-state index in [9.17, 15) is 4.79 Å². The summed E-state index contributed by atoms with van der Waals surface area (Å²) in [6, 6.07) is 16.3. The molecule has 3 rings (SSSR count). The molecule has 1 aliphatic heterocycles. The Morgan fingerprint density at radius 1 is 1.12 bits per heavy atom. The first kappa shape index (κ1) is 18.0. The van der Waals surface area contributed by atoms with E-state index in [0.29, 0.717) is 6.54 Å². The van der Waals surface area contributed by atoms with Crippen LogP contribution in [0.25, 0.3) is 0 Å². The molecule has 1 saturated heterocycles. The van der Waals surface area contributed by atoms with Gasteiger partial charge in [0.25, 0.3) is 0 Å². The molecule has 0 atom stereocenters. The van der Waals surface area contributed by atoms with E-state index < -0.39 is 0 Å². The number of piperidine rings is 1. The van der Waals surface area contributed by atoms with E-state index in [1.807, 2.05) is 18.2 Å². The molecular weight excluding hydrogens is 332 g/mol. The first-order chi connectivity index (χ1) is 12.1. The Bertz CT molecular complexity index is 706. The first-order valence-electron chi connectivity index (χ1n) is 8.90. The van der Waals surface area contributed by atoms with E-state index in [1.165, 1.54) is 11.1 Å². The van der Waals surface area contributed by atoms with Gasteiger partial charge < -0.3 is 5.32 Å². The van der Waals surface area contributed by atoms with Gasteiger partial charge >= 0.3 is 0 Å². The quantitative estimate of drug-likeness (QED) is 0.871. The third-order valence-electron chi connectivity index (χ3n) is 4.83. The van der Waals surface area contributed by atoms with Gasteiger partial charge in [-0.3, -0.25) is 9.69 Å². The Kier molecular flexibility index (Phi) is 6.11. The van der Waals surface area contributed by atoms with Gasteiger partial charge in [0.1, 0.15) is 0 Å². The lowest BCUT2D eigenvalue weighted by Crippen LogP contribution is -2.40. The van der Waals surface area contributed by atoms with Crippen LogP contribution in [0.2, 0.25) is 5.02 Å². The predicted octanol–water partition coefficient (Wildman–Crippen LogP) is 4.18.